The first-order valence-electron chi connectivity index (χ1n) is 3.58. The number of carbonyl (C=O) groups excluding carboxylic acids is 1. The average molecular weight is 143 g/mol. The van der Waals surface area contributed by atoms with Gasteiger partial charge >= 0.3 is 5.97 Å². The summed E-state index contributed by atoms with van der Waals surface area (Å²) in [5.74, 6) is -0.116. The van der Waals surface area contributed by atoms with Crippen LogP contribution in [0.4, 0.5) is 0 Å². The Labute approximate surface area is 60.7 Å². The highest BCUT2D eigenvalue weighted by Crippen LogP contribution is 2.36. The van der Waals surface area contributed by atoms with Crippen molar-refractivity contribution in [3.63, 3.8) is 0 Å². The van der Waals surface area contributed by atoms with Crippen LogP contribution in [0.2, 0.25) is 0 Å². The quantitative estimate of drug-likeness (QED) is 0.577. The van der Waals surface area contributed by atoms with Crippen molar-refractivity contribution in [1.82, 2.24) is 5.32 Å². The van der Waals surface area contributed by atoms with Gasteiger partial charge in [-0.25, -0.2) is 0 Å². The van der Waals surface area contributed by atoms with Crippen LogP contribution in [0.5, 0.6) is 0 Å². The molecule has 3 nitrogen and oxygen atoms in total. The van der Waals surface area contributed by atoms with E-state index in [0.29, 0.717) is 0 Å². The normalized spacial score (nSPS) is 20.2. The second kappa shape index (κ2) is 2.58. The molecule has 1 saturated carbocycles. The summed E-state index contributed by atoms with van der Waals surface area (Å²) in [7, 11) is 1.43. The average Bonchev–Trinajstić information content (AvgIpc) is 2.69. The van der Waals surface area contributed by atoms with Gasteiger partial charge in [0.2, 0.25) is 0 Å². The summed E-state index contributed by atoms with van der Waals surface area (Å²) in [6.07, 6.45) is 1.85. The third-order valence-corrected chi connectivity index (χ3v) is 1.84. The zero-order valence-electron chi connectivity index (χ0n) is 6.44. The molecule has 0 saturated heterocycles. The second-order valence-electron chi connectivity index (χ2n) is 2.60. The van der Waals surface area contributed by atoms with Crippen molar-refractivity contribution < 1.29 is 9.53 Å². The van der Waals surface area contributed by atoms with Crippen molar-refractivity contribution in [3.05, 3.63) is 0 Å². The first-order valence-corrected chi connectivity index (χ1v) is 3.58. The van der Waals surface area contributed by atoms with Crippen LogP contribution in [0.1, 0.15) is 19.8 Å². The van der Waals surface area contributed by atoms with Gasteiger partial charge in [-0.15, -0.1) is 0 Å². The molecular formula is C7H13NO2. The van der Waals surface area contributed by atoms with E-state index in [1.807, 2.05) is 6.92 Å². The Balaban J connectivity index is 2.43. The maximum absolute atomic E-state index is 11.0. The lowest BCUT2D eigenvalue weighted by Gasteiger charge is -2.11. The number of likely N-dealkylation sites (N-methyl/N-ethyl adjacent to an activating group) is 1. The Morgan fingerprint density at radius 1 is 1.70 bits per heavy atom. The van der Waals surface area contributed by atoms with E-state index in [1.54, 1.807) is 0 Å². The minimum absolute atomic E-state index is 0.116. The standard InChI is InChI=1S/C7H13NO2/c1-3-8-7(4-5-7)6(9)10-2/h8H,3-5H2,1-2H3. The van der Waals surface area contributed by atoms with Crippen molar-refractivity contribution in [1.29, 1.82) is 0 Å². The van der Waals surface area contributed by atoms with Crippen LogP contribution < -0.4 is 5.32 Å². The number of esters is 1. The Kier molecular flexibility index (Phi) is 1.94. The topological polar surface area (TPSA) is 38.3 Å². The molecule has 1 rings (SSSR count). The van der Waals surface area contributed by atoms with Gasteiger partial charge < -0.3 is 10.1 Å². The molecule has 0 atom stereocenters. The summed E-state index contributed by atoms with van der Waals surface area (Å²) < 4.78 is 4.63. The molecule has 1 fully saturated rings. The molecule has 0 amide bonds. The highest BCUT2D eigenvalue weighted by atomic mass is 16.5. The lowest BCUT2D eigenvalue weighted by atomic mass is 10.3. The monoisotopic (exact) mass is 143 g/mol. The third-order valence-electron chi connectivity index (χ3n) is 1.84. The van der Waals surface area contributed by atoms with Crippen LogP contribution in [-0.2, 0) is 9.53 Å². The fourth-order valence-corrected chi connectivity index (χ4v) is 1.11. The lowest BCUT2D eigenvalue weighted by molar-refractivity contribution is -0.144. The molecule has 58 valence electrons. The van der Waals surface area contributed by atoms with Crippen LogP contribution in [0.15, 0.2) is 0 Å². The van der Waals surface area contributed by atoms with Crippen LogP contribution in [0.3, 0.4) is 0 Å². The van der Waals surface area contributed by atoms with Crippen molar-refractivity contribution in [2.45, 2.75) is 25.3 Å². The molecular weight excluding hydrogens is 130 g/mol. The predicted octanol–water partition coefficient (Wildman–Crippen LogP) is 0.301. The number of ether oxygens (including phenoxy) is 1. The van der Waals surface area contributed by atoms with Crippen molar-refractivity contribution >= 4 is 5.97 Å². The molecule has 3 heteroatoms. The smallest absolute Gasteiger partial charge is 0.326 e. The van der Waals surface area contributed by atoms with Gasteiger partial charge in [-0.05, 0) is 19.4 Å². The number of hydrogen-bond donors (Lipinski definition) is 1. The molecule has 1 N–H and O–H groups in total. The van der Waals surface area contributed by atoms with Gasteiger partial charge in [0.05, 0.1) is 7.11 Å². The third kappa shape index (κ3) is 1.14. The minimum Gasteiger partial charge on any atom is -0.468 e. The number of nitrogens with one attached hydrogen (secondary N) is 1. The van der Waals surface area contributed by atoms with Gasteiger partial charge in [0.15, 0.2) is 0 Å². The van der Waals surface area contributed by atoms with E-state index in [4.69, 9.17) is 0 Å². The van der Waals surface area contributed by atoms with Gasteiger partial charge in [-0.2, -0.15) is 0 Å². The molecule has 0 radical (unpaired) electrons. The van der Waals surface area contributed by atoms with E-state index in [0.717, 1.165) is 19.4 Å². The van der Waals surface area contributed by atoms with Crippen LogP contribution in [-0.4, -0.2) is 25.2 Å². The summed E-state index contributed by atoms with van der Waals surface area (Å²) in [6.45, 7) is 2.82. The van der Waals surface area contributed by atoms with Gasteiger partial charge in [0, 0.05) is 0 Å². The van der Waals surface area contributed by atoms with E-state index in [9.17, 15) is 4.79 Å². The molecule has 10 heavy (non-hydrogen) atoms. The highest BCUT2D eigenvalue weighted by Gasteiger charge is 2.50. The summed E-state index contributed by atoms with van der Waals surface area (Å²) in [4.78, 5) is 11.0. The van der Waals surface area contributed by atoms with Gasteiger partial charge in [0.1, 0.15) is 5.54 Å². The zero-order valence-corrected chi connectivity index (χ0v) is 6.44. The number of hydrogen-bond acceptors (Lipinski definition) is 3. The van der Waals surface area contributed by atoms with E-state index < -0.39 is 0 Å². The van der Waals surface area contributed by atoms with Crippen molar-refractivity contribution in [2.75, 3.05) is 13.7 Å². The molecule has 0 aliphatic heterocycles. The summed E-state index contributed by atoms with van der Waals surface area (Å²) in [6, 6.07) is 0. The maximum atomic E-state index is 11.0. The van der Waals surface area contributed by atoms with Crippen LogP contribution in [0, 0.1) is 0 Å². The van der Waals surface area contributed by atoms with Crippen molar-refractivity contribution in [2.24, 2.45) is 0 Å². The molecule has 0 aromatic heterocycles. The Morgan fingerprint density at radius 3 is 2.60 bits per heavy atom. The molecule has 1 aliphatic carbocycles. The van der Waals surface area contributed by atoms with E-state index in [-0.39, 0.29) is 11.5 Å². The predicted molar refractivity (Wildman–Crippen MR) is 37.7 cm³/mol. The van der Waals surface area contributed by atoms with E-state index >= 15 is 0 Å². The fourth-order valence-electron chi connectivity index (χ4n) is 1.11. The number of carbonyl (C=O) groups is 1. The number of methoxy groups -OCH3 is 1. The minimum atomic E-state index is -0.302. The van der Waals surface area contributed by atoms with Gasteiger partial charge in [-0.3, -0.25) is 4.79 Å². The first kappa shape index (κ1) is 7.54. The van der Waals surface area contributed by atoms with E-state index in [1.165, 1.54) is 7.11 Å². The highest BCUT2D eigenvalue weighted by molar-refractivity contribution is 5.84. The molecule has 0 spiro atoms. The number of rotatable bonds is 3. The van der Waals surface area contributed by atoms with Crippen LogP contribution >= 0.6 is 0 Å². The molecule has 0 unspecified atom stereocenters. The SMILES string of the molecule is CCNC1(C(=O)OC)CC1. The summed E-state index contributed by atoms with van der Waals surface area (Å²) in [5.41, 5.74) is -0.302. The molecule has 0 bridgehead atoms. The maximum Gasteiger partial charge on any atom is 0.326 e. The lowest BCUT2D eigenvalue weighted by Crippen LogP contribution is -2.39. The van der Waals surface area contributed by atoms with Gasteiger partial charge in [0.25, 0.3) is 0 Å². The van der Waals surface area contributed by atoms with E-state index in [2.05, 4.69) is 10.1 Å². The molecule has 0 aromatic carbocycles. The van der Waals surface area contributed by atoms with Crippen molar-refractivity contribution in [3.8, 4) is 0 Å². The Morgan fingerprint density at radius 2 is 2.30 bits per heavy atom. The second-order valence-corrected chi connectivity index (χ2v) is 2.60. The van der Waals surface area contributed by atoms with Gasteiger partial charge in [-0.1, -0.05) is 6.92 Å². The largest absolute Gasteiger partial charge is 0.468 e. The Hall–Kier alpha value is -0.570. The summed E-state index contributed by atoms with van der Waals surface area (Å²) in [5, 5.41) is 3.11. The zero-order chi connectivity index (χ0) is 7.61. The van der Waals surface area contributed by atoms with Crippen LogP contribution in [0.25, 0.3) is 0 Å². The molecule has 1 aliphatic rings. The molecule has 0 heterocycles. The molecule has 0 aromatic rings. The first-order chi connectivity index (χ1) is 4.75. The summed E-state index contributed by atoms with van der Waals surface area (Å²) >= 11 is 0. The Bertz CT molecular complexity index is 141. The fraction of sp³-hybridized carbons (Fsp3) is 0.857.